The molecule has 0 spiro atoms. The number of imidazole rings is 1. The zero-order valence-corrected chi connectivity index (χ0v) is 10.7. The number of nitrogens with zero attached hydrogens (tertiary/aromatic N) is 1. The second-order valence-corrected chi connectivity index (χ2v) is 5.32. The van der Waals surface area contributed by atoms with E-state index >= 15 is 0 Å². The van der Waals surface area contributed by atoms with Crippen molar-refractivity contribution in [3.8, 4) is 0 Å². The SMILES string of the molecule is Fc1ccc2nc(C3CCCCC3C(F)(F)F)[nH]c2c1. The Morgan fingerprint density at radius 3 is 2.65 bits per heavy atom. The van der Waals surface area contributed by atoms with Crippen molar-refractivity contribution >= 4 is 11.0 Å². The minimum Gasteiger partial charge on any atom is -0.342 e. The zero-order chi connectivity index (χ0) is 14.3. The third-order valence-corrected chi connectivity index (χ3v) is 4.00. The molecule has 2 aromatic rings. The first-order valence-electron chi connectivity index (χ1n) is 6.67. The number of nitrogens with one attached hydrogen (secondary N) is 1. The Labute approximate surface area is 113 Å². The van der Waals surface area contributed by atoms with E-state index < -0.39 is 23.8 Å². The van der Waals surface area contributed by atoms with E-state index in [1.165, 1.54) is 18.2 Å². The third-order valence-electron chi connectivity index (χ3n) is 4.00. The summed E-state index contributed by atoms with van der Waals surface area (Å²) in [7, 11) is 0. The van der Waals surface area contributed by atoms with Crippen molar-refractivity contribution in [2.75, 3.05) is 0 Å². The van der Waals surface area contributed by atoms with Gasteiger partial charge in [0.1, 0.15) is 11.6 Å². The van der Waals surface area contributed by atoms with E-state index in [0.717, 1.165) is 6.42 Å². The highest BCUT2D eigenvalue weighted by molar-refractivity contribution is 5.75. The van der Waals surface area contributed by atoms with E-state index in [9.17, 15) is 17.6 Å². The second-order valence-electron chi connectivity index (χ2n) is 5.32. The third kappa shape index (κ3) is 2.39. The van der Waals surface area contributed by atoms with Crippen LogP contribution in [0.25, 0.3) is 11.0 Å². The molecular formula is C14H14F4N2. The van der Waals surface area contributed by atoms with E-state index in [2.05, 4.69) is 9.97 Å². The summed E-state index contributed by atoms with van der Waals surface area (Å²) in [6, 6.07) is 4.00. The van der Waals surface area contributed by atoms with E-state index in [1.54, 1.807) is 0 Å². The number of benzene rings is 1. The summed E-state index contributed by atoms with van der Waals surface area (Å²) in [6.45, 7) is 0. The van der Waals surface area contributed by atoms with Gasteiger partial charge in [-0.15, -0.1) is 0 Å². The summed E-state index contributed by atoms with van der Waals surface area (Å²) >= 11 is 0. The second kappa shape index (κ2) is 4.75. The van der Waals surface area contributed by atoms with Gasteiger partial charge in [-0.3, -0.25) is 0 Å². The standard InChI is InChI=1S/C14H14F4N2/c15-8-5-6-11-12(7-8)20-13(19-11)9-3-1-2-4-10(9)14(16,17)18/h5-7,9-10H,1-4H2,(H,19,20). The van der Waals surface area contributed by atoms with Gasteiger partial charge in [0.25, 0.3) is 0 Å². The number of aromatic amines is 1. The van der Waals surface area contributed by atoms with Crippen molar-refractivity contribution in [3.05, 3.63) is 29.8 Å². The molecule has 3 rings (SSSR count). The maximum atomic E-state index is 13.1. The molecule has 0 saturated heterocycles. The highest BCUT2D eigenvalue weighted by Crippen LogP contribution is 2.45. The number of fused-ring (bicyclic) bond motifs is 1. The van der Waals surface area contributed by atoms with Crippen LogP contribution < -0.4 is 0 Å². The normalized spacial score (nSPS) is 24.2. The number of aromatic nitrogens is 2. The summed E-state index contributed by atoms with van der Waals surface area (Å²) in [5.41, 5.74) is 0.958. The van der Waals surface area contributed by atoms with Crippen LogP contribution >= 0.6 is 0 Å². The van der Waals surface area contributed by atoms with Crippen LogP contribution in [0.1, 0.15) is 37.4 Å². The Hall–Kier alpha value is -1.59. The van der Waals surface area contributed by atoms with Gasteiger partial charge in [-0.25, -0.2) is 9.37 Å². The molecule has 2 atom stereocenters. The van der Waals surface area contributed by atoms with Crippen LogP contribution in [0.5, 0.6) is 0 Å². The van der Waals surface area contributed by atoms with Crippen molar-refractivity contribution in [3.63, 3.8) is 0 Å². The van der Waals surface area contributed by atoms with Gasteiger partial charge < -0.3 is 4.98 Å². The highest BCUT2D eigenvalue weighted by Gasteiger charge is 2.46. The number of hydrogen-bond donors (Lipinski definition) is 1. The number of H-pyrrole nitrogens is 1. The summed E-state index contributed by atoms with van der Waals surface area (Å²) in [4.78, 5) is 7.08. The van der Waals surface area contributed by atoms with Gasteiger partial charge in [0.05, 0.1) is 17.0 Å². The molecule has 0 amide bonds. The molecule has 1 aliphatic carbocycles. The Bertz CT molecular complexity index is 617. The molecule has 1 aliphatic rings. The van der Waals surface area contributed by atoms with Gasteiger partial charge in [0.15, 0.2) is 0 Å². The summed E-state index contributed by atoms with van der Waals surface area (Å²) in [6.07, 6.45) is -2.25. The maximum Gasteiger partial charge on any atom is 0.392 e. The molecule has 0 radical (unpaired) electrons. The monoisotopic (exact) mass is 286 g/mol. The lowest BCUT2D eigenvalue weighted by atomic mass is 9.78. The van der Waals surface area contributed by atoms with Gasteiger partial charge in [-0.2, -0.15) is 13.2 Å². The minimum absolute atomic E-state index is 0.138. The van der Waals surface area contributed by atoms with Crippen LogP contribution in [-0.2, 0) is 0 Å². The van der Waals surface area contributed by atoms with Gasteiger partial charge in [0, 0.05) is 5.92 Å². The molecule has 2 nitrogen and oxygen atoms in total. The lowest BCUT2D eigenvalue weighted by Gasteiger charge is -2.31. The molecule has 20 heavy (non-hydrogen) atoms. The number of alkyl halides is 3. The summed E-state index contributed by atoms with van der Waals surface area (Å²) in [5, 5.41) is 0. The van der Waals surface area contributed by atoms with Crippen molar-refractivity contribution in [1.29, 1.82) is 0 Å². The molecule has 6 heteroatoms. The molecule has 1 heterocycles. The number of halogens is 4. The number of rotatable bonds is 1. The molecule has 0 aliphatic heterocycles. The fourth-order valence-corrected chi connectivity index (χ4v) is 3.03. The van der Waals surface area contributed by atoms with Crippen molar-refractivity contribution in [2.45, 2.75) is 37.8 Å². The Kier molecular flexibility index (Phi) is 3.18. The van der Waals surface area contributed by atoms with Gasteiger partial charge in [0.2, 0.25) is 0 Å². The van der Waals surface area contributed by atoms with Gasteiger partial charge in [-0.05, 0) is 31.0 Å². The first-order valence-corrected chi connectivity index (χ1v) is 6.67. The van der Waals surface area contributed by atoms with Gasteiger partial charge in [-0.1, -0.05) is 12.8 Å². The first kappa shape index (κ1) is 13.4. The van der Waals surface area contributed by atoms with Crippen LogP contribution in [0, 0.1) is 11.7 Å². The van der Waals surface area contributed by atoms with Crippen LogP contribution in [0.15, 0.2) is 18.2 Å². The lowest BCUT2D eigenvalue weighted by Crippen LogP contribution is -2.32. The molecule has 1 aromatic carbocycles. The van der Waals surface area contributed by atoms with Crippen molar-refractivity contribution in [1.82, 2.24) is 9.97 Å². The fraction of sp³-hybridized carbons (Fsp3) is 0.500. The van der Waals surface area contributed by atoms with Crippen molar-refractivity contribution < 1.29 is 17.6 Å². The first-order chi connectivity index (χ1) is 9.45. The quantitative estimate of drug-likeness (QED) is 0.766. The molecule has 0 bridgehead atoms. The van der Waals surface area contributed by atoms with Crippen LogP contribution in [-0.4, -0.2) is 16.1 Å². The Morgan fingerprint density at radius 1 is 1.15 bits per heavy atom. The Morgan fingerprint density at radius 2 is 1.90 bits per heavy atom. The van der Waals surface area contributed by atoms with Crippen LogP contribution in [0.2, 0.25) is 0 Å². The van der Waals surface area contributed by atoms with E-state index in [4.69, 9.17) is 0 Å². The predicted octanol–water partition coefficient (Wildman–Crippen LogP) is 4.54. The number of hydrogen-bond acceptors (Lipinski definition) is 1. The van der Waals surface area contributed by atoms with Crippen LogP contribution in [0.4, 0.5) is 17.6 Å². The Balaban J connectivity index is 1.99. The molecule has 1 N–H and O–H groups in total. The minimum atomic E-state index is -4.21. The average Bonchev–Trinajstić information content (AvgIpc) is 2.80. The van der Waals surface area contributed by atoms with Gasteiger partial charge >= 0.3 is 6.18 Å². The van der Waals surface area contributed by atoms with E-state index in [-0.39, 0.29) is 6.42 Å². The fourth-order valence-electron chi connectivity index (χ4n) is 3.03. The average molecular weight is 286 g/mol. The lowest BCUT2D eigenvalue weighted by molar-refractivity contribution is -0.187. The largest absolute Gasteiger partial charge is 0.392 e. The molecule has 1 aromatic heterocycles. The molecule has 1 fully saturated rings. The highest BCUT2D eigenvalue weighted by atomic mass is 19.4. The molecular weight excluding hydrogens is 272 g/mol. The molecule has 1 saturated carbocycles. The predicted molar refractivity (Wildman–Crippen MR) is 66.8 cm³/mol. The van der Waals surface area contributed by atoms with Crippen molar-refractivity contribution in [2.24, 2.45) is 5.92 Å². The molecule has 108 valence electrons. The van der Waals surface area contributed by atoms with Crippen LogP contribution in [0.3, 0.4) is 0 Å². The van der Waals surface area contributed by atoms with E-state index in [1.807, 2.05) is 0 Å². The zero-order valence-electron chi connectivity index (χ0n) is 10.7. The smallest absolute Gasteiger partial charge is 0.342 e. The van der Waals surface area contributed by atoms with E-state index in [0.29, 0.717) is 29.7 Å². The molecule has 2 unspecified atom stereocenters. The summed E-state index contributed by atoms with van der Waals surface area (Å²) in [5.74, 6) is -2.11. The summed E-state index contributed by atoms with van der Waals surface area (Å²) < 4.78 is 52.4. The topological polar surface area (TPSA) is 28.7 Å². The maximum absolute atomic E-state index is 13.1.